The van der Waals surface area contributed by atoms with Crippen LogP contribution in [0.4, 0.5) is 10.5 Å². The summed E-state index contributed by atoms with van der Waals surface area (Å²) >= 11 is 0. The van der Waals surface area contributed by atoms with Crippen LogP contribution in [0, 0.1) is 0 Å². The smallest absolute Gasteiger partial charge is 0.354 e. The van der Waals surface area contributed by atoms with Crippen LogP contribution in [-0.2, 0) is 0 Å². The van der Waals surface area contributed by atoms with E-state index in [1.54, 1.807) is 11.9 Å². The van der Waals surface area contributed by atoms with Gasteiger partial charge < -0.3 is 20.2 Å². The predicted octanol–water partition coefficient (Wildman–Crippen LogP) is 1.34. The maximum absolute atomic E-state index is 12.1. The Balaban J connectivity index is 1.89. The number of hydrogen-bond acceptors (Lipinski definition) is 4. The SMILES string of the molecule is CN(CC1CCCN1C)C(=O)Nc1ccc(C(=O)O)nc1. The van der Waals surface area contributed by atoms with Gasteiger partial charge in [0.05, 0.1) is 11.9 Å². The van der Waals surface area contributed by atoms with Gasteiger partial charge in [-0.1, -0.05) is 0 Å². The Morgan fingerprint density at radius 1 is 1.52 bits per heavy atom. The van der Waals surface area contributed by atoms with Gasteiger partial charge in [0, 0.05) is 19.6 Å². The fourth-order valence-electron chi connectivity index (χ4n) is 2.42. The fraction of sp³-hybridized carbons (Fsp3) is 0.500. The minimum atomic E-state index is -1.09. The summed E-state index contributed by atoms with van der Waals surface area (Å²) in [5.74, 6) is -1.09. The molecule has 1 aliphatic heterocycles. The lowest BCUT2D eigenvalue weighted by atomic mass is 10.2. The van der Waals surface area contributed by atoms with Gasteiger partial charge in [-0.3, -0.25) is 0 Å². The molecule has 0 bridgehead atoms. The fourth-order valence-corrected chi connectivity index (χ4v) is 2.42. The van der Waals surface area contributed by atoms with Crippen molar-refractivity contribution in [2.45, 2.75) is 18.9 Å². The zero-order valence-electron chi connectivity index (χ0n) is 12.2. The second-order valence-corrected chi connectivity index (χ2v) is 5.32. The predicted molar refractivity (Wildman–Crippen MR) is 78.5 cm³/mol. The van der Waals surface area contributed by atoms with Gasteiger partial charge in [0.1, 0.15) is 5.69 Å². The molecular weight excluding hydrogens is 272 g/mol. The number of likely N-dealkylation sites (N-methyl/N-ethyl adjacent to an activating group) is 2. The Kier molecular flexibility index (Phi) is 4.74. The number of amides is 2. The highest BCUT2D eigenvalue weighted by Crippen LogP contribution is 2.16. The van der Waals surface area contributed by atoms with Crippen molar-refractivity contribution in [1.82, 2.24) is 14.8 Å². The van der Waals surface area contributed by atoms with Crippen molar-refractivity contribution in [1.29, 1.82) is 0 Å². The standard InChI is InChI=1S/C14H20N4O3/c1-17-7-3-4-11(17)9-18(2)14(21)16-10-5-6-12(13(19)20)15-8-10/h5-6,8,11H,3-4,7,9H2,1-2H3,(H,16,21)(H,19,20). The van der Waals surface area contributed by atoms with E-state index in [2.05, 4.69) is 22.2 Å². The van der Waals surface area contributed by atoms with E-state index in [4.69, 9.17) is 5.11 Å². The molecule has 7 heteroatoms. The molecule has 114 valence electrons. The van der Waals surface area contributed by atoms with Crippen molar-refractivity contribution >= 4 is 17.7 Å². The lowest BCUT2D eigenvalue weighted by Crippen LogP contribution is -2.41. The number of carboxylic acid groups (broad SMARTS) is 1. The van der Waals surface area contributed by atoms with Gasteiger partial charge in [0.2, 0.25) is 0 Å². The van der Waals surface area contributed by atoms with Gasteiger partial charge >= 0.3 is 12.0 Å². The Hall–Kier alpha value is -2.15. The summed E-state index contributed by atoms with van der Waals surface area (Å²) in [6.45, 7) is 1.74. The summed E-state index contributed by atoms with van der Waals surface area (Å²) in [5, 5.41) is 11.5. The number of pyridine rings is 1. The molecular formula is C14H20N4O3. The summed E-state index contributed by atoms with van der Waals surface area (Å²) < 4.78 is 0. The molecule has 0 spiro atoms. The number of carbonyl (C=O) groups is 2. The van der Waals surface area contributed by atoms with Crippen molar-refractivity contribution in [3.8, 4) is 0 Å². The summed E-state index contributed by atoms with van der Waals surface area (Å²) in [4.78, 5) is 30.4. The van der Waals surface area contributed by atoms with E-state index in [0.29, 0.717) is 18.3 Å². The molecule has 1 aromatic rings. The van der Waals surface area contributed by atoms with E-state index < -0.39 is 5.97 Å². The van der Waals surface area contributed by atoms with Crippen LogP contribution >= 0.6 is 0 Å². The Bertz CT molecular complexity index is 517. The van der Waals surface area contributed by atoms with Crippen LogP contribution in [0.25, 0.3) is 0 Å². The first-order chi connectivity index (χ1) is 9.97. The molecule has 0 radical (unpaired) electrons. The molecule has 1 aromatic heterocycles. The second-order valence-electron chi connectivity index (χ2n) is 5.32. The first-order valence-corrected chi connectivity index (χ1v) is 6.89. The molecule has 2 N–H and O–H groups in total. The Morgan fingerprint density at radius 3 is 2.81 bits per heavy atom. The van der Waals surface area contributed by atoms with Gasteiger partial charge in [-0.15, -0.1) is 0 Å². The Morgan fingerprint density at radius 2 is 2.29 bits per heavy atom. The van der Waals surface area contributed by atoms with Crippen molar-refractivity contribution in [3.63, 3.8) is 0 Å². The normalized spacial score (nSPS) is 18.5. The first-order valence-electron chi connectivity index (χ1n) is 6.89. The topological polar surface area (TPSA) is 85.8 Å². The molecule has 7 nitrogen and oxygen atoms in total. The van der Waals surface area contributed by atoms with Crippen molar-refractivity contribution < 1.29 is 14.7 Å². The summed E-state index contributed by atoms with van der Waals surface area (Å²) in [7, 11) is 3.82. The maximum Gasteiger partial charge on any atom is 0.354 e. The number of rotatable bonds is 4. The van der Waals surface area contributed by atoms with Gasteiger partial charge in [-0.2, -0.15) is 0 Å². The third kappa shape index (κ3) is 3.91. The number of nitrogens with one attached hydrogen (secondary N) is 1. The van der Waals surface area contributed by atoms with Gasteiger partial charge in [0.25, 0.3) is 0 Å². The molecule has 1 unspecified atom stereocenters. The van der Waals surface area contributed by atoms with E-state index in [1.807, 2.05) is 0 Å². The van der Waals surface area contributed by atoms with Crippen LogP contribution in [0.2, 0.25) is 0 Å². The minimum Gasteiger partial charge on any atom is -0.477 e. The number of hydrogen-bond donors (Lipinski definition) is 2. The van der Waals surface area contributed by atoms with E-state index in [-0.39, 0.29) is 11.7 Å². The lowest BCUT2D eigenvalue weighted by molar-refractivity contribution is 0.0690. The highest BCUT2D eigenvalue weighted by molar-refractivity contribution is 5.90. The molecule has 1 atom stereocenters. The van der Waals surface area contributed by atoms with E-state index in [9.17, 15) is 9.59 Å². The summed E-state index contributed by atoms with van der Waals surface area (Å²) in [6, 6.07) is 3.07. The van der Waals surface area contributed by atoms with E-state index in [1.165, 1.54) is 18.3 Å². The number of nitrogens with zero attached hydrogens (tertiary/aromatic N) is 3. The molecule has 1 fully saturated rings. The average Bonchev–Trinajstić information content (AvgIpc) is 2.84. The zero-order valence-corrected chi connectivity index (χ0v) is 12.2. The molecule has 2 heterocycles. The zero-order chi connectivity index (χ0) is 15.4. The van der Waals surface area contributed by atoms with Crippen LogP contribution < -0.4 is 5.32 Å². The third-order valence-electron chi connectivity index (χ3n) is 3.74. The van der Waals surface area contributed by atoms with Gasteiger partial charge in [-0.25, -0.2) is 14.6 Å². The van der Waals surface area contributed by atoms with Crippen molar-refractivity contribution in [3.05, 3.63) is 24.0 Å². The number of urea groups is 1. The maximum atomic E-state index is 12.1. The lowest BCUT2D eigenvalue weighted by Gasteiger charge is -2.26. The first kappa shape index (κ1) is 15.2. The van der Waals surface area contributed by atoms with E-state index in [0.717, 1.165) is 19.4 Å². The van der Waals surface area contributed by atoms with Crippen LogP contribution in [0.5, 0.6) is 0 Å². The monoisotopic (exact) mass is 292 g/mol. The number of aromatic carboxylic acids is 1. The molecule has 21 heavy (non-hydrogen) atoms. The molecule has 0 aliphatic carbocycles. The number of carboxylic acids is 1. The summed E-state index contributed by atoms with van der Waals surface area (Å²) in [6.07, 6.45) is 3.61. The van der Waals surface area contributed by atoms with Crippen LogP contribution in [0.1, 0.15) is 23.3 Å². The largest absolute Gasteiger partial charge is 0.477 e. The van der Waals surface area contributed by atoms with E-state index >= 15 is 0 Å². The number of anilines is 1. The second kappa shape index (κ2) is 6.53. The van der Waals surface area contributed by atoms with Crippen LogP contribution in [0.15, 0.2) is 18.3 Å². The van der Waals surface area contributed by atoms with Crippen molar-refractivity contribution in [2.75, 3.05) is 32.5 Å². The van der Waals surface area contributed by atoms with Gasteiger partial charge in [-0.05, 0) is 38.6 Å². The molecule has 0 saturated carbocycles. The minimum absolute atomic E-state index is 0.0473. The quantitative estimate of drug-likeness (QED) is 0.874. The van der Waals surface area contributed by atoms with Crippen LogP contribution in [0.3, 0.4) is 0 Å². The molecule has 1 aliphatic rings. The number of likely N-dealkylation sites (tertiary alicyclic amines) is 1. The molecule has 2 amide bonds. The summed E-state index contributed by atoms with van der Waals surface area (Å²) in [5.41, 5.74) is 0.436. The highest BCUT2D eigenvalue weighted by atomic mass is 16.4. The van der Waals surface area contributed by atoms with Crippen LogP contribution in [-0.4, -0.2) is 65.1 Å². The number of aromatic nitrogens is 1. The van der Waals surface area contributed by atoms with Crippen molar-refractivity contribution in [2.24, 2.45) is 0 Å². The third-order valence-corrected chi connectivity index (χ3v) is 3.74. The molecule has 0 aromatic carbocycles. The van der Waals surface area contributed by atoms with Gasteiger partial charge in [0.15, 0.2) is 0 Å². The average molecular weight is 292 g/mol. The molecule has 2 rings (SSSR count). The number of carbonyl (C=O) groups excluding carboxylic acids is 1. The Labute approximate surface area is 123 Å². The molecule has 1 saturated heterocycles. The highest BCUT2D eigenvalue weighted by Gasteiger charge is 2.23.